The van der Waals surface area contributed by atoms with Crippen LogP contribution in [0.2, 0.25) is 10.0 Å². The van der Waals surface area contributed by atoms with Crippen LogP contribution in [0.25, 0.3) is 39.2 Å². The summed E-state index contributed by atoms with van der Waals surface area (Å²) < 4.78 is 11.7. The van der Waals surface area contributed by atoms with Crippen molar-refractivity contribution in [2.75, 3.05) is 14.2 Å². The molecular formula is C28H19Cl2N3O4. The second-order valence-electron chi connectivity index (χ2n) is 8.02. The first-order valence-corrected chi connectivity index (χ1v) is 11.9. The van der Waals surface area contributed by atoms with E-state index in [2.05, 4.69) is 9.97 Å². The lowest BCUT2D eigenvalue weighted by Crippen LogP contribution is -2.16. The van der Waals surface area contributed by atoms with Gasteiger partial charge in [-0.3, -0.25) is 14.0 Å². The van der Waals surface area contributed by atoms with E-state index in [-0.39, 0.29) is 17.2 Å². The van der Waals surface area contributed by atoms with E-state index in [4.69, 9.17) is 32.7 Å². The van der Waals surface area contributed by atoms with Gasteiger partial charge in [-0.1, -0.05) is 59.6 Å². The third-order valence-electron chi connectivity index (χ3n) is 5.98. The van der Waals surface area contributed by atoms with Crippen LogP contribution in [-0.4, -0.2) is 34.9 Å². The normalized spacial score (nSPS) is 10.9. The van der Waals surface area contributed by atoms with Crippen molar-refractivity contribution in [1.29, 1.82) is 0 Å². The highest BCUT2D eigenvalue weighted by atomic mass is 35.5. The number of carbonyl (C=O) groups excluding carboxylic acids is 1. The zero-order valence-corrected chi connectivity index (χ0v) is 21.2. The predicted octanol–water partition coefficient (Wildman–Crippen LogP) is 6.23. The molecule has 0 aliphatic carbocycles. The minimum Gasteiger partial charge on any atom is -0.490 e. The third-order valence-corrected chi connectivity index (χ3v) is 6.80. The van der Waals surface area contributed by atoms with Crippen LogP contribution in [0.3, 0.4) is 0 Å². The molecule has 0 aliphatic heterocycles. The molecule has 0 radical (unpaired) electrons. The lowest BCUT2D eigenvalue weighted by atomic mass is 9.97. The molecule has 0 N–H and O–H groups in total. The Balaban J connectivity index is 1.61. The summed E-state index contributed by atoms with van der Waals surface area (Å²) in [7, 11) is 2.88. The Morgan fingerprint density at radius 3 is 2.22 bits per heavy atom. The number of halogens is 2. The molecule has 37 heavy (non-hydrogen) atoms. The molecule has 0 unspecified atom stereocenters. The first-order chi connectivity index (χ1) is 18.0. The van der Waals surface area contributed by atoms with E-state index < -0.39 is 0 Å². The molecule has 0 aliphatic rings. The second-order valence-corrected chi connectivity index (χ2v) is 8.78. The number of benzene rings is 2. The molecule has 0 spiro atoms. The fourth-order valence-electron chi connectivity index (χ4n) is 4.12. The van der Waals surface area contributed by atoms with Gasteiger partial charge in [-0.05, 0) is 29.8 Å². The minimum absolute atomic E-state index is 0.160. The fourth-order valence-corrected chi connectivity index (χ4v) is 4.78. The molecule has 184 valence electrons. The average molecular weight is 532 g/mol. The monoisotopic (exact) mass is 531 g/mol. The van der Waals surface area contributed by atoms with Crippen molar-refractivity contribution in [3.8, 4) is 45.1 Å². The molecule has 0 saturated carbocycles. The van der Waals surface area contributed by atoms with Crippen LogP contribution in [0, 0.1) is 0 Å². The third kappa shape index (κ3) is 4.33. The van der Waals surface area contributed by atoms with Crippen molar-refractivity contribution in [3.63, 3.8) is 0 Å². The molecule has 3 heterocycles. The minimum atomic E-state index is -0.297. The summed E-state index contributed by atoms with van der Waals surface area (Å²) >= 11 is 13.8. The number of ether oxygens (including phenoxy) is 2. The standard InChI is InChI=1S/C28H19Cl2N3O4/c1-36-23-14-31-24-13-16(11-12-33(24)28(23)35)18-5-3-6-19(25(18)29)20-7-4-8-21(26(20)30)22-10-9-17(15-34)27(32-22)37-2/h3-15H,1-2H3. The summed E-state index contributed by atoms with van der Waals surface area (Å²) in [6, 6.07) is 18.2. The number of hydrogen-bond acceptors (Lipinski definition) is 6. The number of pyridine rings is 2. The number of carbonyl (C=O) groups is 1. The lowest BCUT2D eigenvalue weighted by molar-refractivity contribution is 0.112. The van der Waals surface area contributed by atoms with Crippen LogP contribution in [0.5, 0.6) is 11.6 Å². The Morgan fingerprint density at radius 1 is 0.865 bits per heavy atom. The van der Waals surface area contributed by atoms with E-state index >= 15 is 0 Å². The first-order valence-electron chi connectivity index (χ1n) is 11.1. The van der Waals surface area contributed by atoms with Gasteiger partial charge in [0.1, 0.15) is 5.65 Å². The predicted molar refractivity (Wildman–Crippen MR) is 144 cm³/mol. The Hall–Kier alpha value is -4.20. The molecule has 5 rings (SSSR count). The van der Waals surface area contributed by atoms with E-state index in [1.165, 1.54) is 24.8 Å². The smallest absolute Gasteiger partial charge is 0.300 e. The van der Waals surface area contributed by atoms with Gasteiger partial charge in [0.15, 0.2) is 6.29 Å². The van der Waals surface area contributed by atoms with Gasteiger partial charge in [0.25, 0.3) is 5.56 Å². The van der Waals surface area contributed by atoms with Crippen LogP contribution >= 0.6 is 23.2 Å². The molecule has 0 saturated heterocycles. The van der Waals surface area contributed by atoms with Gasteiger partial charge in [-0.15, -0.1) is 0 Å². The number of nitrogens with zero attached hydrogens (tertiary/aromatic N) is 3. The summed E-state index contributed by atoms with van der Waals surface area (Å²) in [5.74, 6) is 0.378. The van der Waals surface area contributed by atoms with E-state index in [1.54, 1.807) is 30.5 Å². The van der Waals surface area contributed by atoms with E-state index in [1.807, 2.05) is 36.4 Å². The largest absolute Gasteiger partial charge is 0.490 e. The molecule has 3 aromatic heterocycles. The molecule has 9 heteroatoms. The Bertz CT molecular complexity index is 1730. The molecule has 5 aromatic rings. The van der Waals surface area contributed by atoms with Gasteiger partial charge >= 0.3 is 0 Å². The van der Waals surface area contributed by atoms with Crippen molar-refractivity contribution in [1.82, 2.24) is 14.4 Å². The number of hydrogen-bond donors (Lipinski definition) is 0. The van der Waals surface area contributed by atoms with Crippen LogP contribution in [0.4, 0.5) is 0 Å². The topological polar surface area (TPSA) is 82.8 Å². The van der Waals surface area contributed by atoms with Crippen LogP contribution < -0.4 is 15.0 Å². The number of aldehydes is 1. The average Bonchev–Trinajstić information content (AvgIpc) is 2.93. The van der Waals surface area contributed by atoms with Crippen molar-refractivity contribution >= 4 is 35.1 Å². The summed E-state index contributed by atoms with van der Waals surface area (Å²) in [4.78, 5) is 32.5. The van der Waals surface area contributed by atoms with Crippen LogP contribution in [0.15, 0.2) is 77.9 Å². The fraction of sp³-hybridized carbons (Fsp3) is 0.0714. The van der Waals surface area contributed by atoms with Gasteiger partial charge in [0, 0.05) is 28.5 Å². The van der Waals surface area contributed by atoms with Crippen molar-refractivity contribution in [3.05, 3.63) is 99.0 Å². The summed E-state index contributed by atoms with van der Waals surface area (Å²) in [5.41, 5.74) is 4.71. The van der Waals surface area contributed by atoms with E-state index in [0.29, 0.717) is 44.4 Å². The van der Waals surface area contributed by atoms with Gasteiger partial charge < -0.3 is 9.47 Å². The van der Waals surface area contributed by atoms with Gasteiger partial charge in [0.2, 0.25) is 11.6 Å². The highest BCUT2D eigenvalue weighted by Gasteiger charge is 2.17. The van der Waals surface area contributed by atoms with Gasteiger partial charge in [-0.25, -0.2) is 9.97 Å². The highest BCUT2D eigenvalue weighted by Crippen LogP contribution is 2.42. The Morgan fingerprint density at radius 2 is 1.54 bits per heavy atom. The van der Waals surface area contributed by atoms with Crippen molar-refractivity contribution in [2.45, 2.75) is 0 Å². The van der Waals surface area contributed by atoms with Gasteiger partial charge in [-0.2, -0.15) is 0 Å². The van der Waals surface area contributed by atoms with Crippen molar-refractivity contribution in [2.24, 2.45) is 0 Å². The molecule has 0 fully saturated rings. The quantitative estimate of drug-likeness (QED) is 0.241. The lowest BCUT2D eigenvalue weighted by Gasteiger charge is -2.14. The maximum atomic E-state index is 12.5. The number of fused-ring (bicyclic) bond motifs is 1. The molecule has 0 atom stereocenters. The summed E-state index contributed by atoms with van der Waals surface area (Å²) in [6.45, 7) is 0. The number of rotatable bonds is 6. The molecule has 0 amide bonds. The Labute approximate surface area is 221 Å². The second kappa shape index (κ2) is 10.0. The van der Waals surface area contributed by atoms with Gasteiger partial charge in [0.05, 0.1) is 41.7 Å². The van der Waals surface area contributed by atoms with Crippen LogP contribution in [-0.2, 0) is 0 Å². The maximum absolute atomic E-state index is 12.5. The van der Waals surface area contributed by atoms with E-state index in [0.717, 1.165) is 16.7 Å². The maximum Gasteiger partial charge on any atom is 0.300 e. The highest BCUT2D eigenvalue weighted by molar-refractivity contribution is 6.39. The molecule has 7 nitrogen and oxygen atoms in total. The molecular weight excluding hydrogens is 513 g/mol. The number of methoxy groups -OCH3 is 2. The zero-order chi connectivity index (χ0) is 26.1. The summed E-state index contributed by atoms with van der Waals surface area (Å²) in [5, 5.41) is 0.942. The molecule has 0 bridgehead atoms. The van der Waals surface area contributed by atoms with Crippen molar-refractivity contribution < 1.29 is 14.3 Å². The summed E-state index contributed by atoms with van der Waals surface area (Å²) in [6.07, 6.45) is 3.73. The molecule has 2 aromatic carbocycles. The van der Waals surface area contributed by atoms with Crippen LogP contribution in [0.1, 0.15) is 10.4 Å². The Kier molecular flexibility index (Phi) is 6.65. The SMILES string of the molecule is COc1nc(-c2cccc(-c3cccc(-c4ccn5c(=O)c(OC)cnc5c4)c3Cl)c2Cl)ccc1C=O. The zero-order valence-electron chi connectivity index (χ0n) is 19.7. The van der Waals surface area contributed by atoms with E-state index in [9.17, 15) is 9.59 Å². The first kappa shape index (κ1) is 24.5. The number of aromatic nitrogens is 3.